The molecule has 3 aromatic carbocycles. The molecule has 0 aliphatic rings. The lowest BCUT2D eigenvalue weighted by atomic mass is 10.2. The fraction of sp³-hybridized carbons (Fsp3) is 0.0870. The van der Waals surface area contributed by atoms with E-state index >= 15 is 0 Å². The third kappa shape index (κ3) is 6.35. The van der Waals surface area contributed by atoms with Crippen molar-refractivity contribution in [1.29, 1.82) is 0 Å². The highest BCUT2D eigenvalue weighted by Crippen LogP contribution is 2.25. The first kappa shape index (κ1) is 24.8. The predicted octanol–water partition coefficient (Wildman–Crippen LogP) is 4.77. The Morgan fingerprint density at radius 3 is 1.76 bits per heavy atom. The Kier molecular flexibility index (Phi) is 8.25. The summed E-state index contributed by atoms with van der Waals surface area (Å²) in [6, 6.07) is 12.2. The maximum Gasteiger partial charge on any atom is 0.339 e. The van der Waals surface area contributed by atoms with Gasteiger partial charge in [-0.25, -0.2) is 22.4 Å². The predicted molar refractivity (Wildman–Crippen MR) is 117 cm³/mol. The molecule has 176 valence electrons. The summed E-state index contributed by atoms with van der Waals surface area (Å²) >= 11 is 0.898. The molecule has 0 aliphatic carbocycles. The second-order valence-electron chi connectivity index (χ2n) is 6.65. The van der Waals surface area contributed by atoms with Gasteiger partial charge in [0.2, 0.25) is 5.91 Å². The third-order valence-electron chi connectivity index (χ3n) is 4.25. The number of rotatable bonds is 8. The van der Waals surface area contributed by atoms with Crippen molar-refractivity contribution >= 4 is 40.9 Å². The molecule has 0 spiro atoms. The van der Waals surface area contributed by atoms with Gasteiger partial charge in [0, 0.05) is 4.90 Å². The lowest BCUT2D eigenvalue weighted by Crippen LogP contribution is -2.22. The third-order valence-corrected chi connectivity index (χ3v) is 5.33. The average molecular weight is 492 g/mol. The van der Waals surface area contributed by atoms with Crippen molar-refractivity contribution in [3.63, 3.8) is 0 Å². The molecule has 0 saturated carbocycles. The van der Waals surface area contributed by atoms with Crippen LogP contribution in [0.25, 0.3) is 0 Å². The molecule has 0 aliphatic heterocycles. The molecule has 34 heavy (non-hydrogen) atoms. The number of ether oxygens (including phenoxy) is 1. The van der Waals surface area contributed by atoms with Crippen molar-refractivity contribution in [2.24, 2.45) is 0 Å². The van der Waals surface area contributed by atoms with Gasteiger partial charge in [-0.05, 0) is 36.4 Å². The normalized spacial score (nSPS) is 10.5. The zero-order chi connectivity index (χ0) is 24.7. The minimum atomic E-state index is -0.991. The lowest BCUT2D eigenvalue weighted by Gasteiger charge is -2.11. The molecule has 0 fully saturated rings. The van der Waals surface area contributed by atoms with E-state index in [0.29, 0.717) is 4.90 Å². The van der Waals surface area contributed by atoms with Crippen LogP contribution in [0.5, 0.6) is 0 Å². The number of nitrogens with one attached hydrogen (secondary N) is 2. The van der Waals surface area contributed by atoms with E-state index in [2.05, 4.69) is 5.32 Å². The molecular weight excluding hydrogens is 476 g/mol. The summed E-state index contributed by atoms with van der Waals surface area (Å²) in [5.74, 6) is -6.74. The van der Waals surface area contributed by atoms with Crippen LogP contribution in [0.4, 0.5) is 28.9 Å². The topological polar surface area (TPSA) is 84.5 Å². The number of thioether (sulfide) groups is 1. The number of esters is 1. The highest BCUT2D eigenvalue weighted by Gasteiger charge is 2.18. The molecule has 0 atom stereocenters. The van der Waals surface area contributed by atoms with Gasteiger partial charge < -0.3 is 15.4 Å². The van der Waals surface area contributed by atoms with E-state index < -0.39 is 59.0 Å². The molecule has 2 N–H and O–H groups in total. The first-order chi connectivity index (χ1) is 16.3. The molecule has 0 saturated heterocycles. The molecule has 0 heterocycles. The van der Waals surface area contributed by atoms with Gasteiger partial charge in [-0.3, -0.25) is 9.59 Å². The zero-order valence-corrected chi connectivity index (χ0v) is 18.1. The summed E-state index contributed by atoms with van der Waals surface area (Å²) in [5, 5.41) is 4.12. The Morgan fingerprint density at radius 2 is 1.21 bits per heavy atom. The molecule has 0 aromatic heterocycles. The van der Waals surface area contributed by atoms with E-state index in [-0.39, 0.29) is 11.3 Å². The van der Waals surface area contributed by atoms with Crippen LogP contribution in [0.1, 0.15) is 10.4 Å². The number of anilines is 2. The van der Waals surface area contributed by atoms with Crippen LogP contribution in [0.2, 0.25) is 0 Å². The van der Waals surface area contributed by atoms with E-state index in [9.17, 15) is 31.9 Å². The highest BCUT2D eigenvalue weighted by molar-refractivity contribution is 8.00. The Hall–Kier alpha value is -3.86. The Bertz CT molecular complexity index is 1200. The molecule has 6 nitrogen and oxygen atoms in total. The van der Waals surface area contributed by atoms with Crippen LogP contribution in [0.3, 0.4) is 0 Å². The lowest BCUT2D eigenvalue weighted by molar-refractivity contribution is -0.119. The summed E-state index contributed by atoms with van der Waals surface area (Å²) in [6.07, 6.45) is 0. The molecule has 2 amide bonds. The van der Waals surface area contributed by atoms with E-state index in [1.807, 2.05) is 5.32 Å². The number of amides is 2. The Labute approximate surface area is 195 Å². The van der Waals surface area contributed by atoms with Gasteiger partial charge in [0.05, 0.1) is 11.3 Å². The van der Waals surface area contributed by atoms with Crippen molar-refractivity contribution in [2.45, 2.75) is 4.90 Å². The molecule has 0 bridgehead atoms. The van der Waals surface area contributed by atoms with Gasteiger partial charge in [-0.1, -0.05) is 24.3 Å². The molecule has 11 heteroatoms. The van der Waals surface area contributed by atoms with Crippen LogP contribution in [-0.2, 0) is 14.3 Å². The van der Waals surface area contributed by atoms with Crippen LogP contribution in [0, 0.1) is 23.3 Å². The minimum absolute atomic E-state index is 0.0160. The van der Waals surface area contributed by atoms with Crippen molar-refractivity contribution < 1.29 is 36.7 Å². The van der Waals surface area contributed by atoms with E-state index in [4.69, 9.17) is 4.74 Å². The quantitative estimate of drug-likeness (QED) is 0.269. The second-order valence-corrected chi connectivity index (χ2v) is 7.67. The molecule has 3 aromatic rings. The van der Waals surface area contributed by atoms with Crippen molar-refractivity contribution in [1.82, 2.24) is 0 Å². The first-order valence-corrected chi connectivity index (χ1v) is 10.6. The number of carbonyl (C=O) groups is 3. The number of carbonyl (C=O) groups excluding carboxylic acids is 3. The summed E-state index contributed by atoms with van der Waals surface area (Å²) in [7, 11) is 0. The molecule has 3 rings (SSSR count). The first-order valence-electron chi connectivity index (χ1n) is 9.63. The maximum atomic E-state index is 13.7. The van der Waals surface area contributed by atoms with Gasteiger partial charge in [0.25, 0.3) is 5.91 Å². The largest absolute Gasteiger partial charge is 0.452 e. The summed E-state index contributed by atoms with van der Waals surface area (Å²) < 4.78 is 59.5. The number of halogens is 4. The SMILES string of the molecule is O=C(COC(=O)c1ccccc1SCC(=O)Nc1c(F)cccc1F)Nc1c(F)cccc1F. The maximum absolute atomic E-state index is 13.7. The van der Waals surface area contributed by atoms with Crippen LogP contribution < -0.4 is 10.6 Å². The second kappa shape index (κ2) is 11.3. The summed E-state index contributed by atoms with van der Waals surface area (Å²) in [4.78, 5) is 36.8. The zero-order valence-electron chi connectivity index (χ0n) is 17.2. The van der Waals surface area contributed by atoms with E-state index in [1.54, 1.807) is 6.07 Å². The van der Waals surface area contributed by atoms with Gasteiger partial charge >= 0.3 is 5.97 Å². The monoisotopic (exact) mass is 492 g/mol. The Balaban J connectivity index is 1.58. The highest BCUT2D eigenvalue weighted by atomic mass is 32.2. The summed E-state index contributed by atoms with van der Waals surface area (Å²) in [6.45, 7) is -0.821. The number of hydrogen-bond acceptors (Lipinski definition) is 5. The van der Waals surface area contributed by atoms with E-state index in [0.717, 1.165) is 48.2 Å². The van der Waals surface area contributed by atoms with Gasteiger partial charge in [0.1, 0.15) is 34.6 Å². The minimum Gasteiger partial charge on any atom is -0.452 e. The fourth-order valence-corrected chi connectivity index (χ4v) is 3.54. The number of hydrogen-bond donors (Lipinski definition) is 2. The standard InChI is InChI=1S/C23H16F4N2O4S/c24-14-6-3-7-15(25)21(14)28-19(30)11-33-23(32)13-5-1-2-10-18(13)34-12-20(31)29-22-16(26)8-4-9-17(22)27/h1-10H,11-12H2,(H,28,30)(H,29,31). The smallest absolute Gasteiger partial charge is 0.339 e. The van der Waals surface area contributed by atoms with Gasteiger partial charge in [-0.15, -0.1) is 11.8 Å². The number of benzene rings is 3. The average Bonchev–Trinajstić information content (AvgIpc) is 2.81. The van der Waals surface area contributed by atoms with Crippen molar-refractivity contribution in [3.8, 4) is 0 Å². The van der Waals surface area contributed by atoms with Crippen LogP contribution in [0.15, 0.2) is 65.6 Å². The van der Waals surface area contributed by atoms with Crippen LogP contribution in [-0.4, -0.2) is 30.1 Å². The van der Waals surface area contributed by atoms with Gasteiger partial charge in [-0.2, -0.15) is 0 Å². The molecule has 0 radical (unpaired) electrons. The van der Waals surface area contributed by atoms with Crippen molar-refractivity contribution in [3.05, 3.63) is 89.5 Å². The molecular formula is C23H16F4N2O4S. The fourth-order valence-electron chi connectivity index (χ4n) is 2.70. The van der Waals surface area contributed by atoms with Gasteiger partial charge in [0.15, 0.2) is 6.61 Å². The Morgan fingerprint density at radius 1 is 0.706 bits per heavy atom. The van der Waals surface area contributed by atoms with Crippen LogP contribution >= 0.6 is 11.8 Å². The number of para-hydroxylation sites is 2. The van der Waals surface area contributed by atoms with E-state index in [1.165, 1.54) is 18.2 Å². The summed E-state index contributed by atoms with van der Waals surface area (Å²) in [5.41, 5.74) is -1.24. The molecule has 0 unspecified atom stereocenters. The van der Waals surface area contributed by atoms with Crippen molar-refractivity contribution in [2.75, 3.05) is 23.0 Å².